The van der Waals surface area contributed by atoms with E-state index in [9.17, 15) is 4.79 Å². The summed E-state index contributed by atoms with van der Waals surface area (Å²) in [5.41, 5.74) is 3.83. The highest BCUT2D eigenvalue weighted by Gasteiger charge is 2.21. The highest BCUT2D eigenvalue weighted by atomic mass is 16.5. The first kappa shape index (κ1) is 18.7. The molecule has 138 valence electrons. The number of benzene rings is 2. The summed E-state index contributed by atoms with van der Waals surface area (Å²) in [5, 5.41) is 2.48. The second kappa shape index (κ2) is 9.02. The van der Waals surface area contributed by atoms with E-state index in [4.69, 9.17) is 4.74 Å². The van der Waals surface area contributed by atoms with Crippen LogP contribution in [0.2, 0.25) is 0 Å². The molecule has 1 aliphatic rings. The van der Waals surface area contributed by atoms with Gasteiger partial charge in [0.2, 0.25) is 0 Å². The number of carbonyl (C=O) groups is 1. The summed E-state index contributed by atoms with van der Waals surface area (Å²) in [6.45, 7) is 3.74. The van der Waals surface area contributed by atoms with E-state index in [1.807, 2.05) is 12.1 Å². The fourth-order valence-electron chi connectivity index (χ4n) is 3.97. The third-order valence-electron chi connectivity index (χ3n) is 5.30. The number of rotatable bonds is 9. The van der Waals surface area contributed by atoms with Gasteiger partial charge in [-0.1, -0.05) is 81.9 Å². The molecule has 2 aromatic rings. The van der Waals surface area contributed by atoms with Crippen LogP contribution in [0.25, 0.3) is 16.8 Å². The monoisotopic (exact) mass is 350 g/mol. The Kier molecular flexibility index (Phi) is 6.49. The van der Waals surface area contributed by atoms with Crippen LogP contribution in [0.5, 0.6) is 0 Å². The molecule has 0 spiro atoms. The fraction of sp³-hybridized carbons (Fsp3) is 0.458. The van der Waals surface area contributed by atoms with Crippen LogP contribution < -0.4 is 0 Å². The minimum atomic E-state index is -0.266. The molecule has 2 aromatic carbocycles. The van der Waals surface area contributed by atoms with E-state index in [1.54, 1.807) is 0 Å². The van der Waals surface area contributed by atoms with Crippen molar-refractivity contribution < 1.29 is 9.53 Å². The summed E-state index contributed by atoms with van der Waals surface area (Å²) in [6.07, 6.45) is 14.3. The maximum absolute atomic E-state index is 11.4. The number of carbonyl (C=O) groups excluding carboxylic acids is 1. The molecule has 26 heavy (non-hydrogen) atoms. The van der Waals surface area contributed by atoms with Gasteiger partial charge in [0.25, 0.3) is 0 Å². The Morgan fingerprint density at radius 2 is 1.77 bits per heavy atom. The van der Waals surface area contributed by atoms with Gasteiger partial charge in [0.05, 0.1) is 0 Å². The molecule has 3 rings (SSSR count). The molecule has 1 unspecified atom stereocenters. The van der Waals surface area contributed by atoms with E-state index >= 15 is 0 Å². The molecule has 0 heterocycles. The molecule has 1 aliphatic carbocycles. The first-order chi connectivity index (χ1) is 12.7. The second-order valence-corrected chi connectivity index (χ2v) is 7.34. The quantitative estimate of drug-likeness (QED) is 0.369. The average Bonchev–Trinajstić information content (AvgIpc) is 2.64. The van der Waals surface area contributed by atoms with E-state index in [2.05, 4.69) is 37.3 Å². The predicted octanol–water partition coefficient (Wildman–Crippen LogP) is 6.76. The summed E-state index contributed by atoms with van der Waals surface area (Å²) in [4.78, 5) is 11.4. The summed E-state index contributed by atoms with van der Waals surface area (Å²) in [5.74, 6) is -0.237. The van der Waals surface area contributed by atoms with E-state index in [0.717, 1.165) is 12.0 Å². The van der Waals surface area contributed by atoms with Gasteiger partial charge in [-0.2, -0.15) is 0 Å². The lowest BCUT2D eigenvalue weighted by molar-refractivity contribution is -0.144. The number of unbranched alkanes of at least 4 members (excludes halogenated alkanes) is 6. The number of hydrogen-bond acceptors (Lipinski definition) is 2. The number of hydrogen-bond donors (Lipinski definition) is 0. The molecule has 0 amide bonds. The highest BCUT2D eigenvalue weighted by Crippen LogP contribution is 2.37. The smallest absolute Gasteiger partial charge is 0.303 e. The Hall–Kier alpha value is -2.09. The van der Waals surface area contributed by atoms with Crippen molar-refractivity contribution in [2.45, 2.75) is 71.3 Å². The van der Waals surface area contributed by atoms with E-state index in [1.165, 1.54) is 73.8 Å². The average molecular weight is 351 g/mol. The molecule has 0 aliphatic heterocycles. The van der Waals surface area contributed by atoms with Gasteiger partial charge in [-0.25, -0.2) is 0 Å². The van der Waals surface area contributed by atoms with Crippen LogP contribution in [0.4, 0.5) is 0 Å². The molecular weight excluding hydrogens is 320 g/mol. The molecule has 2 heteroatoms. The zero-order valence-corrected chi connectivity index (χ0v) is 16.1. The van der Waals surface area contributed by atoms with Gasteiger partial charge in [0, 0.05) is 12.5 Å². The van der Waals surface area contributed by atoms with Gasteiger partial charge >= 0.3 is 5.97 Å². The summed E-state index contributed by atoms with van der Waals surface area (Å²) < 4.78 is 5.50. The molecule has 0 radical (unpaired) electrons. The zero-order valence-electron chi connectivity index (χ0n) is 16.1. The van der Waals surface area contributed by atoms with Crippen LogP contribution in [-0.4, -0.2) is 5.97 Å². The molecule has 0 saturated carbocycles. The summed E-state index contributed by atoms with van der Waals surface area (Å²) in [7, 11) is 0. The second-order valence-electron chi connectivity index (χ2n) is 7.34. The predicted molar refractivity (Wildman–Crippen MR) is 109 cm³/mol. The molecular formula is C24H30O2. The van der Waals surface area contributed by atoms with E-state index in [-0.39, 0.29) is 12.1 Å². The van der Waals surface area contributed by atoms with Crippen molar-refractivity contribution in [2.24, 2.45) is 0 Å². The lowest BCUT2D eigenvalue weighted by Gasteiger charge is -2.23. The number of ether oxygens (including phenoxy) is 1. The Balaban J connectivity index is 1.72. The first-order valence-corrected chi connectivity index (χ1v) is 10.1. The van der Waals surface area contributed by atoms with Gasteiger partial charge in [-0.15, -0.1) is 0 Å². The van der Waals surface area contributed by atoms with Crippen molar-refractivity contribution in [1.29, 1.82) is 0 Å². The largest absolute Gasteiger partial charge is 0.453 e. The SMILES string of the molecule is CCCCCCCCCc1ccc2cccc3c2c1C=CC3OC(C)=O. The highest BCUT2D eigenvalue weighted by molar-refractivity contribution is 5.96. The first-order valence-electron chi connectivity index (χ1n) is 10.1. The maximum Gasteiger partial charge on any atom is 0.303 e. The van der Waals surface area contributed by atoms with Crippen molar-refractivity contribution in [3.63, 3.8) is 0 Å². The summed E-state index contributed by atoms with van der Waals surface area (Å²) in [6, 6.07) is 10.8. The summed E-state index contributed by atoms with van der Waals surface area (Å²) >= 11 is 0. The lowest BCUT2D eigenvalue weighted by Crippen LogP contribution is -2.10. The van der Waals surface area contributed by atoms with Gasteiger partial charge in [0.15, 0.2) is 0 Å². The molecule has 2 nitrogen and oxygen atoms in total. The van der Waals surface area contributed by atoms with Gasteiger partial charge in [-0.3, -0.25) is 4.79 Å². The molecule has 0 bridgehead atoms. The number of esters is 1. The van der Waals surface area contributed by atoms with Crippen LogP contribution >= 0.6 is 0 Å². The van der Waals surface area contributed by atoms with Crippen LogP contribution in [-0.2, 0) is 16.0 Å². The normalized spacial score (nSPS) is 15.4. The zero-order chi connectivity index (χ0) is 18.4. The molecule has 1 atom stereocenters. The van der Waals surface area contributed by atoms with Crippen molar-refractivity contribution in [1.82, 2.24) is 0 Å². The van der Waals surface area contributed by atoms with Crippen molar-refractivity contribution in [3.8, 4) is 0 Å². The van der Waals surface area contributed by atoms with Crippen LogP contribution in [0.3, 0.4) is 0 Å². The van der Waals surface area contributed by atoms with Crippen LogP contribution in [0, 0.1) is 0 Å². The molecule has 0 N–H and O–H groups in total. The molecule has 0 aromatic heterocycles. The van der Waals surface area contributed by atoms with E-state index < -0.39 is 0 Å². The maximum atomic E-state index is 11.4. The Bertz CT molecular complexity index is 788. The number of aryl methyl sites for hydroxylation is 1. The van der Waals surface area contributed by atoms with Gasteiger partial charge in [-0.05, 0) is 40.8 Å². The van der Waals surface area contributed by atoms with Crippen molar-refractivity contribution in [3.05, 3.63) is 53.1 Å². The molecule has 0 saturated heterocycles. The topological polar surface area (TPSA) is 26.3 Å². The Morgan fingerprint density at radius 3 is 2.54 bits per heavy atom. The Labute approximate surface area is 157 Å². The Morgan fingerprint density at radius 1 is 1.00 bits per heavy atom. The fourth-order valence-corrected chi connectivity index (χ4v) is 3.97. The van der Waals surface area contributed by atoms with E-state index in [0.29, 0.717) is 0 Å². The van der Waals surface area contributed by atoms with Crippen molar-refractivity contribution in [2.75, 3.05) is 0 Å². The molecule has 0 fully saturated rings. The minimum absolute atomic E-state index is 0.237. The van der Waals surface area contributed by atoms with Gasteiger partial charge in [0.1, 0.15) is 6.10 Å². The van der Waals surface area contributed by atoms with Crippen molar-refractivity contribution >= 4 is 22.8 Å². The standard InChI is InChI=1S/C24H30O2/c1-3-4-5-6-7-8-9-11-19-14-15-20-12-10-13-22-23(26-18(2)25)17-16-21(19)24(20)22/h10,12-17,23H,3-9,11H2,1-2H3. The minimum Gasteiger partial charge on any atom is -0.453 e. The lowest BCUT2D eigenvalue weighted by atomic mass is 9.87. The van der Waals surface area contributed by atoms with Crippen LogP contribution in [0.1, 0.15) is 81.6 Å². The third-order valence-corrected chi connectivity index (χ3v) is 5.30. The van der Waals surface area contributed by atoms with Crippen LogP contribution in [0.15, 0.2) is 36.4 Å². The van der Waals surface area contributed by atoms with Gasteiger partial charge < -0.3 is 4.74 Å². The third kappa shape index (κ3) is 4.35.